The number of nitrogens with zero attached hydrogens (tertiary/aromatic N) is 4. The van der Waals surface area contributed by atoms with E-state index in [1.165, 1.54) is 0 Å². The van der Waals surface area contributed by atoms with Crippen LogP contribution in [0.5, 0.6) is 5.75 Å². The minimum atomic E-state index is 0.360. The highest BCUT2D eigenvalue weighted by molar-refractivity contribution is 7.22. The third kappa shape index (κ3) is 3.14. The molecule has 1 aliphatic heterocycles. The third-order valence-electron chi connectivity index (χ3n) is 4.26. The van der Waals surface area contributed by atoms with Crippen molar-refractivity contribution in [2.24, 2.45) is 0 Å². The molecule has 0 bridgehead atoms. The number of thiazole rings is 1. The molecule has 9 heteroatoms. The van der Waals surface area contributed by atoms with Gasteiger partial charge < -0.3 is 23.7 Å². The van der Waals surface area contributed by atoms with Crippen LogP contribution in [0.25, 0.3) is 21.0 Å². The Bertz CT molecular complexity index is 920. The van der Waals surface area contributed by atoms with Gasteiger partial charge in [0.1, 0.15) is 23.2 Å². The SMILES string of the molecule is COCn1cc(Cl)nc1-c1nc2c(OC)ccc(N3CCOCC3)c2s1. The molecular weight excluding hydrogens is 376 g/mol. The Kier molecular flexibility index (Phi) is 4.99. The molecule has 0 N–H and O–H groups in total. The lowest BCUT2D eigenvalue weighted by Gasteiger charge is -2.29. The van der Waals surface area contributed by atoms with E-state index >= 15 is 0 Å². The maximum Gasteiger partial charge on any atom is 0.172 e. The van der Waals surface area contributed by atoms with E-state index in [4.69, 9.17) is 30.8 Å². The minimum absolute atomic E-state index is 0.360. The summed E-state index contributed by atoms with van der Waals surface area (Å²) in [7, 11) is 3.29. The van der Waals surface area contributed by atoms with Gasteiger partial charge in [-0.25, -0.2) is 9.97 Å². The van der Waals surface area contributed by atoms with Gasteiger partial charge in [0, 0.05) is 26.4 Å². The Balaban J connectivity index is 1.85. The molecule has 1 saturated heterocycles. The molecule has 2 aromatic heterocycles. The summed E-state index contributed by atoms with van der Waals surface area (Å²) in [6.07, 6.45) is 1.74. The molecule has 0 unspecified atom stereocenters. The molecule has 1 aliphatic rings. The van der Waals surface area contributed by atoms with Gasteiger partial charge in [-0.3, -0.25) is 0 Å². The summed E-state index contributed by atoms with van der Waals surface area (Å²) in [6, 6.07) is 4.05. The van der Waals surface area contributed by atoms with Gasteiger partial charge in [0.2, 0.25) is 0 Å². The average molecular weight is 395 g/mol. The number of morpholine rings is 1. The molecule has 0 amide bonds. The first kappa shape index (κ1) is 17.5. The van der Waals surface area contributed by atoms with E-state index in [9.17, 15) is 0 Å². The lowest BCUT2D eigenvalue weighted by molar-refractivity contribution is 0.123. The van der Waals surface area contributed by atoms with Crippen LogP contribution in [0.4, 0.5) is 5.69 Å². The summed E-state index contributed by atoms with van der Waals surface area (Å²) in [4.78, 5) is 11.5. The lowest BCUT2D eigenvalue weighted by atomic mass is 10.2. The second-order valence-corrected chi connectivity index (χ2v) is 7.24. The fourth-order valence-corrected chi connectivity index (χ4v) is 4.40. The summed E-state index contributed by atoms with van der Waals surface area (Å²) < 4.78 is 19.2. The highest BCUT2D eigenvalue weighted by Crippen LogP contribution is 2.40. The molecular formula is C17H19ClN4O3S. The van der Waals surface area contributed by atoms with Crippen molar-refractivity contribution in [3.05, 3.63) is 23.5 Å². The molecule has 0 saturated carbocycles. The summed E-state index contributed by atoms with van der Waals surface area (Å²) in [5.41, 5.74) is 1.98. The number of anilines is 1. The number of aromatic nitrogens is 3. The van der Waals surface area contributed by atoms with E-state index in [1.807, 2.05) is 10.6 Å². The first-order valence-corrected chi connectivity index (χ1v) is 9.43. The quantitative estimate of drug-likeness (QED) is 0.662. The summed E-state index contributed by atoms with van der Waals surface area (Å²) >= 11 is 7.69. The molecule has 0 atom stereocenters. The van der Waals surface area contributed by atoms with Gasteiger partial charge in [-0.1, -0.05) is 11.6 Å². The van der Waals surface area contributed by atoms with E-state index in [2.05, 4.69) is 16.0 Å². The molecule has 4 rings (SSSR count). The van der Waals surface area contributed by atoms with Gasteiger partial charge in [-0.15, -0.1) is 11.3 Å². The van der Waals surface area contributed by atoms with Crippen LogP contribution in [0, 0.1) is 0 Å². The van der Waals surface area contributed by atoms with Crippen LogP contribution in [0.15, 0.2) is 18.3 Å². The second-order valence-electron chi connectivity index (χ2n) is 5.86. The van der Waals surface area contributed by atoms with E-state index in [-0.39, 0.29) is 0 Å². The number of ether oxygens (including phenoxy) is 3. The summed E-state index contributed by atoms with van der Waals surface area (Å²) in [5, 5.41) is 1.19. The number of hydrogen-bond donors (Lipinski definition) is 0. The van der Waals surface area contributed by atoms with Gasteiger partial charge in [0.25, 0.3) is 0 Å². The van der Waals surface area contributed by atoms with Gasteiger partial charge in [0.15, 0.2) is 10.8 Å². The predicted octanol–water partition coefficient (Wildman–Crippen LogP) is 3.26. The fraction of sp³-hybridized carbons (Fsp3) is 0.412. The molecule has 7 nitrogen and oxygen atoms in total. The summed E-state index contributed by atoms with van der Waals surface area (Å²) in [5.74, 6) is 1.43. The zero-order chi connectivity index (χ0) is 18.1. The molecule has 138 valence electrons. The Morgan fingerprint density at radius 2 is 2.04 bits per heavy atom. The number of fused-ring (bicyclic) bond motifs is 1. The van der Waals surface area contributed by atoms with Gasteiger partial charge in [-0.05, 0) is 12.1 Å². The van der Waals surface area contributed by atoms with Crippen LogP contribution in [0.1, 0.15) is 0 Å². The first-order valence-electron chi connectivity index (χ1n) is 8.23. The van der Waals surface area contributed by atoms with Crippen molar-refractivity contribution in [3.63, 3.8) is 0 Å². The molecule has 1 fully saturated rings. The minimum Gasteiger partial charge on any atom is -0.494 e. The lowest BCUT2D eigenvalue weighted by Crippen LogP contribution is -2.36. The normalized spacial score (nSPS) is 15.0. The maximum atomic E-state index is 6.10. The number of methoxy groups -OCH3 is 2. The monoisotopic (exact) mass is 394 g/mol. The van der Waals surface area contributed by atoms with Crippen LogP contribution in [0.3, 0.4) is 0 Å². The van der Waals surface area contributed by atoms with Crippen LogP contribution in [0.2, 0.25) is 5.15 Å². The maximum absolute atomic E-state index is 6.10. The summed E-state index contributed by atoms with van der Waals surface area (Å²) in [6.45, 7) is 3.54. The van der Waals surface area contributed by atoms with Crippen molar-refractivity contribution >= 4 is 38.8 Å². The number of halogens is 1. The molecule has 1 aromatic carbocycles. The zero-order valence-corrected chi connectivity index (χ0v) is 16.1. The third-order valence-corrected chi connectivity index (χ3v) is 5.52. The highest BCUT2D eigenvalue weighted by Gasteiger charge is 2.21. The number of benzene rings is 1. The van der Waals surface area contributed by atoms with Crippen LogP contribution >= 0.6 is 22.9 Å². The number of hydrogen-bond acceptors (Lipinski definition) is 7. The van der Waals surface area contributed by atoms with Crippen LogP contribution in [-0.4, -0.2) is 55.1 Å². The van der Waals surface area contributed by atoms with E-state index in [0.717, 1.165) is 53.0 Å². The van der Waals surface area contributed by atoms with E-state index in [0.29, 0.717) is 17.7 Å². The Hall–Kier alpha value is -1.87. The average Bonchev–Trinajstić information content (AvgIpc) is 3.25. The number of rotatable bonds is 5. The molecule has 26 heavy (non-hydrogen) atoms. The Labute approximate surface area is 160 Å². The molecule has 0 radical (unpaired) electrons. The highest BCUT2D eigenvalue weighted by atomic mass is 35.5. The van der Waals surface area contributed by atoms with Crippen molar-refractivity contribution in [1.29, 1.82) is 0 Å². The van der Waals surface area contributed by atoms with Gasteiger partial charge in [0.05, 0.1) is 30.7 Å². The topological polar surface area (TPSA) is 61.6 Å². The molecule has 3 heterocycles. The molecule has 3 aromatic rings. The zero-order valence-electron chi connectivity index (χ0n) is 14.6. The fourth-order valence-electron chi connectivity index (χ4n) is 3.08. The largest absolute Gasteiger partial charge is 0.494 e. The first-order chi connectivity index (χ1) is 12.7. The smallest absolute Gasteiger partial charge is 0.172 e. The van der Waals surface area contributed by atoms with Crippen LogP contribution in [-0.2, 0) is 16.2 Å². The van der Waals surface area contributed by atoms with Crippen molar-refractivity contribution in [2.45, 2.75) is 6.73 Å². The molecule has 0 aliphatic carbocycles. The second kappa shape index (κ2) is 7.40. The van der Waals surface area contributed by atoms with E-state index in [1.54, 1.807) is 31.8 Å². The van der Waals surface area contributed by atoms with E-state index < -0.39 is 0 Å². The Morgan fingerprint density at radius 3 is 2.77 bits per heavy atom. The van der Waals surface area contributed by atoms with Gasteiger partial charge >= 0.3 is 0 Å². The van der Waals surface area contributed by atoms with Gasteiger partial charge in [-0.2, -0.15) is 0 Å². The van der Waals surface area contributed by atoms with Crippen molar-refractivity contribution in [2.75, 3.05) is 45.4 Å². The van der Waals surface area contributed by atoms with Crippen molar-refractivity contribution in [1.82, 2.24) is 14.5 Å². The predicted molar refractivity (Wildman–Crippen MR) is 102 cm³/mol. The van der Waals surface area contributed by atoms with Crippen molar-refractivity contribution in [3.8, 4) is 16.6 Å². The Morgan fingerprint density at radius 1 is 1.23 bits per heavy atom. The standard InChI is InChI=1S/C17H19ClN4O3S/c1-23-10-22-9-13(18)19-16(22)17-20-14-12(24-2)4-3-11(15(14)26-17)21-5-7-25-8-6-21/h3-4,9H,5-8,10H2,1-2H3. The van der Waals surface area contributed by atoms with Crippen molar-refractivity contribution < 1.29 is 14.2 Å². The molecule has 0 spiro atoms. The number of imidazole rings is 1. The van der Waals surface area contributed by atoms with Crippen LogP contribution < -0.4 is 9.64 Å².